The Hall–Kier alpha value is -3.21. The number of phenols is 1. The summed E-state index contributed by atoms with van der Waals surface area (Å²) in [6, 6.07) is 9.58. The van der Waals surface area contributed by atoms with Crippen molar-refractivity contribution in [3.63, 3.8) is 0 Å². The second-order valence-corrected chi connectivity index (χ2v) is 6.26. The first-order valence-electron chi connectivity index (χ1n) is 8.11. The average molecular weight is 330 g/mol. The minimum absolute atomic E-state index is 0.267. The van der Waals surface area contributed by atoms with E-state index in [9.17, 15) is 5.11 Å². The summed E-state index contributed by atoms with van der Waals surface area (Å²) >= 11 is 0. The van der Waals surface area contributed by atoms with Crippen LogP contribution >= 0.6 is 0 Å². The number of hydrogen-bond donors (Lipinski definition) is 2. The molecular formula is C20H18N4O. The van der Waals surface area contributed by atoms with Gasteiger partial charge in [-0.2, -0.15) is 0 Å². The van der Waals surface area contributed by atoms with Crippen LogP contribution < -0.4 is 0 Å². The van der Waals surface area contributed by atoms with Crippen LogP contribution in [0, 0.1) is 20.8 Å². The molecule has 0 atom stereocenters. The number of pyridine rings is 1. The number of aromatic nitrogens is 4. The Morgan fingerprint density at radius 3 is 2.56 bits per heavy atom. The SMILES string of the molecule is Cc1ccc(-c2cc3nc(-c4c(C)ccc(O)c4C)cnc3[nH]2)cn1. The highest BCUT2D eigenvalue weighted by atomic mass is 16.3. The van der Waals surface area contributed by atoms with Gasteiger partial charge in [0.05, 0.1) is 17.6 Å². The van der Waals surface area contributed by atoms with Crippen LogP contribution in [0.2, 0.25) is 0 Å². The zero-order valence-corrected chi connectivity index (χ0v) is 14.3. The summed E-state index contributed by atoms with van der Waals surface area (Å²) in [5, 5.41) is 10.0. The Balaban J connectivity index is 1.84. The van der Waals surface area contributed by atoms with Gasteiger partial charge in [0.2, 0.25) is 0 Å². The molecule has 0 fully saturated rings. The van der Waals surface area contributed by atoms with E-state index in [0.717, 1.165) is 50.5 Å². The smallest absolute Gasteiger partial charge is 0.156 e. The molecule has 3 aromatic heterocycles. The van der Waals surface area contributed by atoms with E-state index < -0.39 is 0 Å². The number of aryl methyl sites for hydroxylation is 2. The minimum Gasteiger partial charge on any atom is -0.508 e. The fourth-order valence-corrected chi connectivity index (χ4v) is 3.03. The van der Waals surface area contributed by atoms with Crippen molar-refractivity contribution < 1.29 is 5.11 Å². The predicted molar refractivity (Wildman–Crippen MR) is 98.4 cm³/mol. The highest BCUT2D eigenvalue weighted by molar-refractivity contribution is 5.82. The Bertz CT molecular complexity index is 1080. The normalized spacial score (nSPS) is 11.2. The van der Waals surface area contributed by atoms with Gasteiger partial charge in [0.15, 0.2) is 5.65 Å². The van der Waals surface area contributed by atoms with Gasteiger partial charge in [-0.15, -0.1) is 0 Å². The van der Waals surface area contributed by atoms with Crippen molar-refractivity contribution in [2.45, 2.75) is 20.8 Å². The van der Waals surface area contributed by atoms with E-state index in [1.807, 2.05) is 51.2 Å². The summed E-state index contributed by atoms with van der Waals surface area (Å²) < 4.78 is 0. The molecule has 0 aliphatic carbocycles. The summed E-state index contributed by atoms with van der Waals surface area (Å²) in [6.45, 7) is 5.86. The van der Waals surface area contributed by atoms with Crippen molar-refractivity contribution >= 4 is 11.2 Å². The van der Waals surface area contributed by atoms with Crippen LogP contribution in [-0.4, -0.2) is 25.0 Å². The summed E-state index contributed by atoms with van der Waals surface area (Å²) in [7, 11) is 0. The molecule has 0 aliphatic rings. The number of H-pyrrole nitrogens is 1. The largest absolute Gasteiger partial charge is 0.508 e. The van der Waals surface area contributed by atoms with Crippen molar-refractivity contribution in [3.05, 3.63) is 59.5 Å². The zero-order valence-electron chi connectivity index (χ0n) is 14.3. The lowest BCUT2D eigenvalue weighted by Crippen LogP contribution is -1.93. The third kappa shape index (κ3) is 2.63. The number of rotatable bonds is 2. The minimum atomic E-state index is 0.267. The van der Waals surface area contributed by atoms with E-state index >= 15 is 0 Å². The number of benzene rings is 1. The molecule has 0 unspecified atom stereocenters. The molecule has 3 heterocycles. The Kier molecular flexibility index (Phi) is 3.50. The van der Waals surface area contributed by atoms with E-state index in [0.29, 0.717) is 0 Å². The van der Waals surface area contributed by atoms with Crippen molar-refractivity contribution in [2.75, 3.05) is 0 Å². The van der Waals surface area contributed by atoms with Crippen molar-refractivity contribution in [1.82, 2.24) is 19.9 Å². The Labute approximate surface area is 145 Å². The predicted octanol–water partition coefficient (Wildman–Crippen LogP) is 4.32. The second kappa shape index (κ2) is 5.70. The number of fused-ring (bicyclic) bond motifs is 1. The zero-order chi connectivity index (χ0) is 17.6. The third-order valence-electron chi connectivity index (χ3n) is 4.46. The molecule has 0 saturated heterocycles. The second-order valence-electron chi connectivity index (χ2n) is 6.26. The van der Waals surface area contributed by atoms with E-state index in [1.165, 1.54) is 0 Å². The van der Waals surface area contributed by atoms with Gasteiger partial charge in [-0.25, -0.2) is 9.97 Å². The quantitative estimate of drug-likeness (QED) is 0.574. The van der Waals surface area contributed by atoms with Crippen LogP contribution in [0.1, 0.15) is 16.8 Å². The molecule has 1 aromatic carbocycles. The van der Waals surface area contributed by atoms with Gasteiger partial charge in [0.1, 0.15) is 11.3 Å². The summed E-state index contributed by atoms with van der Waals surface area (Å²) in [6.07, 6.45) is 3.58. The standard InChI is InChI=1S/C20H18N4O/c1-11-4-7-18(25)13(3)19(11)17-10-22-20-16(23-17)8-15(24-20)14-6-5-12(2)21-9-14/h4-10,25H,1-3H3,(H,22,24). The Morgan fingerprint density at radius 2 is 1.80 bits per heavy atom. The molecule has 0 aliphatic heterocycles. The first-order chi connectivity index (χ1) is 12.0. The van der Waals surface area contributed by atoms with Crippen molar-refractivity contribution in [2.24, 2.45) is 0 Å². The number of aromatic amines is 1. The summed E-state index contributed by atoms with van der Waals surface area (Å²) in [4.78, 5) is 16.9. The lowest BCUT2D eigenvalue weighted by atomic mass is 9.99. The van der Waals surface area contributed by atoms with Crippen LogP contribution in [-0.2, 0) is 0 Å². The molecule has 4 aromatic rings. The van der Waals surface area contributed by atoms with Crippen LogP contribution in [0.15, 0.2) is 42.7 Å². The van der Waals surface area contributed by atoms with Gasteiger partial charge in [0, 0.05) is 28.6 Å². The highest BCUT2D eigenvalue weighted by Crippen LogP contribution is 2.32. The number of aromatic hydroxyl groups is 1. The lowest BCUT2D eigenvalue weighted by Gasteiger charge is -2.10. The molecule has 0 amide bonds. The first kappa shape index (κ1) is 15.3. The number of phenolic OH excluding ortho intramolecular Hbond substituents is 1. The monoisotopic (exact) mass is 330 g/mol. The van der Waals surface area contributed by atoms with E-state index in [2.05, 4.69) is 15.0 Å². The molecular weight excluding hydrogens is 312 g/mol. The van der Waals surface area contributed by atoms with Crippen LogP contribution in [0.4, 0.5) is 0 Å². The fourth-order valence-electron chi connectivity index (χ4n) is 3.03. The van der Waals surface area contributed by atoms with E-state index in [4.69, 9.17) is 4.98 Å². The molecule has 0 bridgehead atoms. The number of hydrogen-bond acceptors (Lipinski definition) is 4. The molecule has 0 radical (unpaired) electrons. The third-order valence-corrected chi connectivity index (χ3v) is 4.46. The molecule has 25 heavy (non-hydrogen) atoms. The maximum atomic E-state index is 10.0. The topological polar surface area (TPSA) is 74.7 Å². The Morgan fingerprint density at radius 1 is 0.960 bits per heavy atom. The van der Waals surface area contributed by atoms with Gasteiger partial charge in [0.25, 0.3) is 0 Å². The number of nitrogens with one attached hydrogen (secondary N) is 1. The molecule has 0 saturated carbocycles. The number of nitrogens with zero attached hydrogens (tertiary/aromatic N) is 3. The summed E-state index contributed by atoms with van der Waals surface area (Å²) in [5.74, 6) is 0.267. The average Bonchev–Trinajstić information content (AvgIpc) is 3.02. The van der Waals surface area contributed by atoms with Gasteiger partial charge in [-0.3, -0.25) is 4.98 Å². The molecule has 4 rings (SSSR count). The van der Waals surface area contributed by atoms with Gasteiger partial charge in [-0.1, -0.05) is 6.07 Å². The van der Waals surface area contributed by atoms with Gasteiger partial charge < -0.3 is 10.1 Å². The molecule has 0 spiro atoms. The molecule has 2 N–H and O–H groups in total. The molecule has 5 nitrogen and oxygen atoms in total. The van der Waals surface area contributed by atoms with Gasteiger partial charge in [-0.05, 0) is 50.6 Å². The van der Waals surface area contributed by atoms with Crippen molar-refractivity contribution in [1.29, 1.82) is 0 Å². The van der Waals surface area contributed by atoms with Crippen LogP contribution in [0.5, 0.6) is 5.75 Å². The molecule has 124 valence electrons. The van der Waals surface area contributed by atoms with Crippen LogP contribution in [0.3, 0.4) is 0 Å². The van der Waals surface area contributed by atoms with E-state index in [1.54, 1.807) is 12.3 Å². The summed E-state index contributed by atoms with van der Waals surface area (Å²) in [5.41, 5.74) is 7.98. The maximum absolute atomic E-state index is 10.0. The van der Waals surface area contributed by atoms with Crippen LogP contribution in [0.25, 0.3) is 33.7 Å². The lowest BCUT2D eigenvalue weighted by molar-refractivity contribution is 0.471. The van der Waals surface area contributed by atoms with Gasteiger partial charge >= 0.3 is 0 Å². The molecule has 5 heteroatoms. The first-order valence-corrected chi connectivity index (χ1v) is 8.11. The van der Waals surface area contributed by atoms with Crippen molar-refractivity contribution in [3.8, 4) is 28.3 Å². The fraction of sp³-hybridized carbons (Fsp3) is 0.150. The highest BCUT2D eigenvalue weighted by Gasteiger charge is 2.13. The maximum Gasteiger partial charge on any atom is 0.156 e. The van der Waals surface area contributed by atoms with E-state index in [-0.39, 0.29) is 5.75 Å².